The predicted molar refractivity (Wildman–Crippen MR) is 298 cm³/mol. The molecule has 10 aromatic carbocycles. The molecule has 0 bridgehead atoms. The van der Waals surface area contributed by atoms with E-state index in [9.17, 15) is 0 Å². The van der Waals surface area contributed by atoms with E-state index in [2.05, 4.69) is 272 Å². The summed E-state index contributed by atoms with van der Waals surface area (Å²) in [5.41, 5.74) is 15.1. The minimum absolute atomic E-state index is 0.0820. The summed E-state index contributed by atoms with van der Waals surface area (Å²) < 4.78 is 9.22. The van der Waals surface area contributed by atoms with E-state index in [-0.39, 0.29) is 5.92 Å². The number of thiophene rings is 1. The number of hydrogen-bond acceptors (Lipinski definition) is 4. The van der Waals surface area contributed by atoms with Crippen LogP contribution in [0.15, 0.2) is 261 Å². The third-order valence-corrected chi connectivity index (χ3v) is 14.9. The molecule has 1 aromatic heterocycles. The highest BCUT2D eigenvalue weighted by atomic mass is 32.1. The zero-order valence-corrected chi connectivity index (χ0v) is 39.8. The van der Waals surface area contributed by atoms with Gasteiger partial charge in [-0.3, -0.25) is 0 Å². The molecule has 11 aromatic rings. The Morgan fingerprint density at radius 1 is 0.443 bits per heavy atom. The summed E-state index contributed by atoms with van der Waals surface area (Å²) in [6, 6.07) is 85.4. The summed E-state index contributed by atoms with van der Waals surface area (Å²) in [6.45, 7) is 2.76. The third-order valence-electron chi connectivity index (χ3n) is 13.6. The van der Waals surface area contributed by atoms with Crippen molar-refractivity contribution in [1.82, 2.24) is 0 Å². The van der Waals surface area contributed by atoms with Crippen LogP contribution in [0, 0.1) is 0 Å². The van der Waals surface area contributed by atoms with Crippen LogP contribution in [0.4, 0.5) is 28.4 Å². The van der Waals surface area contributed by atoms with E-state index in [4.69, 9.17) is 4.74 Å². The van der Waals surface area contributed by atoms with E-state index in [1.165, 1.54) is 64.3 Å². The lowest BCUT2D eigenvalue weighted by Crippen LogP contribution is -2.16. The number of anilines is 5. The van der Waals surface area contributed by atoms with Gasteiger partial charge in [-0.1, -0.05) is 189 Å². The lowest BCUT2D eigenvalue weighted by molar-refractivity contribution is 0.303. The van der Waals surface area contributed by atoms with Gasteiger partial charge in [-0.05, 0) is 118 Å². The first-order valence-electron chi connectivity index (χ1n) is 24.2. The molecule has 0 fully saturated rings. The summed E-state index contributed by atoms with van der Waals surface area (Å²) in [7, 11) is 0. The summed E-state index contributed by atoms with van der Waals surface area (Å²) in [5, 5.41) is 4.99. The topological polar surface area (TPSA) is 15.7 Å². The molecule has 1 atom stereocenters. The molecule has 0 saturated heterocycles. The maximum atomic E-state index is 6.69. The molecular formula is C66H50N2OS. The Kier molecular flexibility index (Phi) is 11.6. The van der Waals surface area contributed by atoms with E-state index in [1.807, 2.05) is 11.3 Å². The van der Waals surface area contributed by atoms with Crippen LogP contribution in [0.2, 0.25) is 0 Å². The molecule has 3 nitrogen and oxygen atoms in total. The Labute approximate surface area is 414 Å². The van der Waals surface area contributed by atoms with E-state index >= 15 is 0 Å². The summed E-state index contributed by atoms with van der Waals surface area (Å²) in [6.07, 6.45) is 7.83. The Hall–Kier alpha value is -8.44. The van der Waals surface area contributed by atoms with Crippen LogP contribution in [0.1, 0.15) is 29.5 Å². The lowest BCUT2D eigenvalue weighted by Gasteiger charge is -2.28. The molecule has 0 N–H and O–H groups in total. The Morgan fingerprint density at radius 3 is 1.74 bits per heavy atom. The highest BCUT2D eigenvalue weighted by molar-refractivity contribution is 7.27. The number of rotatable bonds is 7. The highest BCUT2D eigenvalue weighted by Crippen LogP contribution is 2.48. The molecule has 1 unspecified atom stereocenters. The fourth-order valence-electron chi connectivity index (χ4n) is 10.2. The van der Waals surface area contributed by atoms with E-state index in [0.29, 0.717) is 6.61 Å². The van der Waals surface area contributed by atoms with Crippen molar-refractivity contribution in [3.8, 4) is 28.0 Å². The standard InChI is InChI=1S/C66H50N2OS/c1-46-39-41-53(42-40-47-21-11-13-32-56(47)57-33-14-12-22-49(57)45-69-64-38-18-17-31-55(46)64)68(52-28-9-4-10-29-52)63-37-20-36-60-62-44-61(58-34-15-16-35-59(58)65(62)70-66(60)63)48-23-19-30-54(43-48)67(50-24-5-2-6-25-50)51-26-7-3-8-27-51/h2-39,41-44,46H,40,45H2,1H3/b41-39-,53-42+. The van der Waals surface area contributed by atoms with Crippen LogP contribution >= 0.6 is 11.3 Å². The Balaban J connectivity index is 1.04. The number of allylic oxidation sites excluding steroid dienone is 3. The fourth-order valence-corrected chi connectivity index (χ4v) is 11.6. The van der Waals surface area contributed by atoms with Crippen LogP contribution in [0.25, 0.3) is 53.2 Å². The van der Waals surface area contributed by atoms with Crippen molar-refractivity contribution in [3.05, 3.63) is 277 Å². The second kappa shape index (κ2) is 18.9. The highest BCUT2D eigenvalue weighted by Gasteiger charge is 2.23. The number of ether oxygens (including phenoxy) is 1. The van der Waals surface area contributed by atoms with Crippen molar-refractivity contribution in [2.75, 3.05) is 9.80 Å². The summed E-state index contributed by atoms with van der Waals surface area (Å²) >= 11 is 1.89. The van der Waals surface area contributed by atoms with Crippen molar-refractivity contribution < 1.29 is 4.74 Å². The Bertz CT molecular complexity index is 3690. The molecule has 0 radical (unpaired) electrons. The molecule has 0 spiro atoms. The molecule has 2 heterocycles. The van der Waals surface area contributed by atoms with Crippen LogP contribution in [-0.4, -0.2) is 0 Å². The second-order valence-electron chi connectivity index (χ2n) is 18.0. The quantitative estimate of drug-likeness (QED) is 0.158. The van der Waals surface area contributed by atoms with Crippen molar-refractivity contribution in [2.24, 2.45) is 0 Å². The summed E-state index contributed by atoms with van der Waals surface area (Å²) in [4.78, 5) is 4.81. The smallest absolute Gasteiger partial charge is 0.123 e. The van der Waals surface area contributed by atoms with E-state index in [0.717, 1.165) is 51.9 Å². The third kappa shape index (κ3) is 8.12. The average Bonchev–Trinajstić information content (AvgIpc) is 3.81. The minimum Gasteiger partial charge on any atom is -0.489 e. The van der Waals surface area contributed by atoms with Gasteiger partial charge in [-0.2, -0.15) is 0 Å². The molecule has 0 amide bonds. The van der Waals surface area contributed by atoms with Crippen molar-refractivity contribution in [2.45, 2.75) is 25.9 Å². The van der Waals surface area contributed by atoms with Gasteiger partial charge >= 0.3 is 0 Å². The van der Waals surface area contributed by atoms with Gasteiger partial charge in [0.05, 0.1) is 10.4 Å². The monoisotopic (exact) mass is 918 g/mol. The van der Waals surface area contributed by atoms with Crippen LogP contribution in [0.5, 0.6) is 5.75 Å². The average molecular weight is 919 g/mol. The van der Waals surface area contributed by atoms with Crippen LogP contribution in [0.3, 0.4) is 0 Å². The normalized spacial score (nSPS) is 14.9. The molecule has 1 aliphatic rings. The van der Waals surface area contributed by atoms with E-state index in [1.54, 1.807) is 0 Å². The summed E-state index contributed by atoms with van der Waals surface area (Å²) in [5.74, 6) is 0.988. The molecule has 0 aliphatic carbocycles. The zero-order valence-electron chi connectivity index (χ0n) is 39.0. The predicted octanol–water partition coefficient (Wildman–Crippen LogP) is 18.5. The maximum absolute atomic E-state index is 6.69. The number of hydrogen-bond donors (Lipinski definition) is 0. The van der Waals surface area contributed by atoms with Gasteiger partial charge in [-0.15, -0.1) is 11.3 Å². The number of para-hydroxylation sites is 4. The molecule has 0 saturated carbocycles. The number of fused-ring (bicyclic) bond motifs is 9. The first-order chi connectivity index (χ1) is 34.7. The first kappa shape index (κ1) is 42.9. The Morgan fingerprint density at radius 2 is 1.00 bits per heavy atom. The molecule has 12 rings (SSSR count). The number of benzene rings is 10. The minimum atomic E-state index is 0.0820. The van der Waals surface area contributed by atoms with Crippen molar-refractivity contribution in [1.29, 1.82) is 0 Å². The van der Waals surface area contributed by atoms with Crippen LogP contribution in [-0.2, 0) is 13.0 Å². The molecule has 336 valence electrons. The van der Waals surface area contributed by atoms with Gasteiger partial charge in [0.2, 0.25) is 0 Å². The van der Waals surface area contributed by atoms with Gasteiger partial charge < -0.3 is 14.5 Å². The van der Waals surface area contributed by atoms with Gasteiger partial charge in [0.1, 0.15) is 12.4 Å². The van der Waals surface area contributed by atoms with Crippen molar-refractivity contribution in [3.63, 3.8) is 0 Å². The molecule has 1 aliphatic heterocycles. The fraction of sp³-hybridized carbons (Fsp3) is 0.0606. The molecule has 70 heavy (non-hydrogen) atoms. The molecular weight excluding hydrogens is 869 g/mol. The number of nitrogens with zero attached hydrogens (tertiary/aromatic N) is 2. The molecule has 4 heteroatoms. The van der Waals surface area contributed by atoms with Gasteiger partial charge in [0.25, 0.3) is 0 Å². The second-order valence-corrected chi connectivity index (χ2v) is 19.0. The van der Waals surface area contributed by atoms with Crippen LogP contribution < -0.4 is 14.5 Å². The SMILES string of the molecule is CC1/C=C\C(N(c2ccccc2)c2cccc3c2sc2c4ccccc4c(-c4cccc(N(c5ccccc5)c5ccccc5)c4)cc32)=C/Cc2ccccc2-c2ccccc2COc2ccccc21. The first-order valence-corrected chi connectivity index (χ1v) is 25.0. The van der Waals surface area contributed by atoms with Gasteiger partial charge in [-0.25, -0.2) is 0 Å². The zero-order chi connectivity index (χ0) is 46.8. The van der Waals surface area contributed by atoms with Crippen molar-refractivity contribution >= 4 is 70.7 Å². The maximum Gasteiger partial charge on any atom is 0.123 e. The van der Waals surface area contributed by atoms with E-state index < -0.39 is 0 Å². The lowest BCUT2D eigenvalue weighted by atomic mass is 9.93. The largest absolute Gasteiger partial charge is 0.489 e. The van der Waals surface area contributed by atoms with Gasteiger partial charge in [0, 0.05) is 60.8 Å². The van der Waals surface area contributed by atoms with Gasteiger partial charge in [0.15, 0.2) is 0 Å².